The molecule has 0 fully saturated rings. The number of nitrogens with zero attached hydrogens (tertiary/aromatic N) is 1. The number of aromatic nitrogens is 1. The van der Waals surface area contributed by atoms with Crippen molar-refractivity contribution < 1.29 is 4.79 Å². The van der Waals surface area contributed by atoms with Gasteiger partial charge in [-0.05, 0) is 30.7 Å². The van der Waals surface area contributed by atoms with E-state index in [1.165, 1.54) is 0 Å². The zero-order valence-corrected chi connectivity index (χ0v) is 14.3. The number of thiazole rings is 1. The summed E-state index contributed by atoms with van der Waals surface area (Å²) in [5.41, 5.74) is 3.40. The molecule has 122 valence electrons. The summed E-state index contributed by atoms with van der Waals surface area (Å²) >= 11 is 1.60. The highest BCUT2D eigenvalue weighted by atomic mass is 32.1. The van der Waals surface area contributed by atoms with Crippen LogP contribution in [0.25, 0.3) is 11.3 Å². The van der Waals surface area contributed by atoms with Crippen molar-refractivity contribution in [2.45, 2.75) is 13.3 Å². The first kappa shape index (κ1) is 16.2. The Labute approximate surface area is 145 Å². The van der Waals surface area contributed by atoms with Crippen LogP contribution < -0.4 is 10.6 Å². The van der Waals surface area contributed by atoms with E-state index in [1.54, 1.807) is 23.5 Å². The lowest BCUT2D eigenvalue weighted by atomic mass is 10.1. The molecule has 2 N–H and O–H groups in total. The van der Waals surface area contributed by atoms with Crippen molar-refractivity contribution in [1.29, 1.82) is 0 Å². The Morgan fingerprint density at radius 1 is 1.08 bits per heavy atom. The molecule has 0 saturated heterocycles. The van der Waals surface area contributed by atoms with Gasteiger partial charge in [-0.3, -0.25) is 4.79 Å². The highest BCUT2D eigenvalue weighted by Gasteiger charge is 2.07. The molecule has 0 aliphatic rings. The Morgan fingerprint density at radius 2 is 1.83 bits per heavy atom. The van der Waals surface area contributed by atoms with Gasteiger partial charge in [-0.25, -0.2) is 4.98 Å². The molecule has 0 radical (unpaired) electrons. The third-order valence-electron chi connectivity index (χ3n) is 3.50. The number of carbonyl (C=O) groups is 1. The van der Waals surface area contributed by atoms with Gasteiger partial charge in [0.05, 0.1) is 5.69 Å². The van der Waals surface area contributed by atoms with Gasteiger partial charge in [-0.15, -0.1) is 11.3 Å². The lowest BCUT2D eigenvalue weighted by Crippen LogP contribution is -2.11. The lowest BCUT2D eigenvalue weighted by molar-refractivity contribution is 0.102. The zero-order valence-electron chi connectivity index (χ0n) is 13.5. The molecular weight excluding hydrogens is 318 g/mol. The van der Waals surface area contributed by atoms with Crippen molar-refractivity contribution in [3.05, 3.63) is 65.5 Å². The van der Waals surface area contributed by atoms with E-state index in [2.05, 4.69) is 22.5 Å². The Balaban J connectivity index is 1.67. The van der Waals surface area contributed by atoms with E-state index in [4.69, 9.17) is 0 Å². The van der Waals surface area contributed by atoms with E-state index in [1.807, 2.05) is 47.8 Å². The van der Waals surface area contributed by atoms with Crippen LogP contribution in [0, 0.1) is 0 Å². The highest BCUT2D eigenvalue weighted by Crippen LogP contribution is 2.26. The molecule has 2 aromatic carbocycles. The minimum Gasteiger partial charge on any atom is -0.362 e. The fourth-order valence-electron chi connectivity index (χ4n) is 2.24. The molecule has 0 atom stereocenters. The molecule has 0 aliphatic heterocycles. The molecule has 24 heavy (non-hydrogen) atoms. The fraction of sp³-hybridized carbons (Fsp3) is 0.158. The molecule has 0 saturated carbocycles. The quantitative estimate of drug-likeness (QED) is 0.674. The topological polar surface area (TPSA) is 54.0 Å². The van der Waals surface area contributed by atoms with Gasteiger partial charge in [-0.2, -0.15) is 0 Å². The van der Waals surface area contributed by atoms with E-state index < -0.39 is 0 Å². The number of anilines is 2. The van der Waals surface area contributed by atoms with Crippen molar-refractivity contribution in [2.24, 2.45) is 0 Å². The zero-order chi connectivity index (χ0) is 16.8. The smallest absolute Gasteiger partial charge is 0.255 e. The van der Waals surface area contributed by atoms with Gasteiger partial charge >= 0.3 is 0 Å². The molecular formula is C19H19N3OS. The van der Waals surface area contributed by atoms with Crippen LogP contribution >= 0.6 is 11.3 Å². The predicted octanol–water partition coefficient (Wildman–Crippen LogP) is 4.88. The molecule has 3 rings (SSSR count). The number of rotatable bonds is 6. The van der Waals surface area contributed by atoms with E-state index in [0.717, 1.165) is 35.0 Å². The summed E-state index contributed by atoms with van der Waals surface area (Å²) in [6.07, 6.45) is 1.07. The van der Waals surface area contributed by atoms with Crippen LogP contribution in [0.2, 0.25) is 0 Å². The van der Waals surface area contributed by atoms with Gasteiger partial charge in [0.1, 0.15) is 0 Å². The normalized spacial score (nSPS) is 10.4. The summed E-state index contributed by atoms with van der Waals surface area (Å²) in [6.45, 7) is 3.06. The monoisotopic (exact) mass is 337 g/mol. The number of nitrogens with one attached hydrogen (secondary N) is 2. The Morgan fingerprint density at radius 3 is 2.54 bits per heavy atom. The summed E-state index contributed by atoms with van der Waals surface area (Å²) in [6, 6.07) is 16.9. The maximum absolute atomic E-state index is 12.1. The Kier molecular flexibility index (Phi) is 5.23. The van der Waals surface area contributed by atoms with E-state index in [-0.39, 0.29) is 5.91 Å². The standard InChI is InChI=1S/C19H19N3OS/c1-2-12-20-19-22-17(13-24-19)14-8-10-16(11-9-14)21-18(23)15-6-4-3-5-7-15/h3-11,13H,2,12H2,1H3,(H,20,22)(H,21,23). The molecule has 5 heteroatoms. The SMILES string of the molecule is CCCNc1nc(-c2ccc(NC(=O)c3ccccc3)cc2)cs1. The van der Waals surface area contributed by atoms with Crippen LogP contribution in [0.3, 0.4) is 0 Å². The second-order valence-electron chi connectivity index (χ2n) is 5.36. The van der Waals surface area contributed by atoms with Crippen molar-refractivity contribution in [1.82, 2.24) is 4.98 Å². The van der Waals surface area contributed by atoms with Gasteiger partial charge in [0.25, 0.3) is 5.91 Å². The van der Waals surface area contributed by atoms with Crippen LogP contribution in [-0.2, 0) is 0 Å². The number of carbonyl (C=O) groups excluding carboxylic acids is 1. The molecule has 0 bridgehead atoms. The van der Waals surface area contributed by atoms with Crippen LogP contribution in [0.4, 0.5) is 10.8 Å². The second kappa shape index (κ2) is 7.75. The van der Waals surface area contributed by atoms with Crippen molar-refractivity contribution >= 4 is 28.1 Å². The average molecular weight is 337 g/mol. The van der Waals surface area contributed by atoms with Crippen LogP contribution in [0.1, 0.15) is 23.7 Å². The Bertz CT molecular complexity index is 797. The number of hydrogen-bond acceptors (Lipinski definition) is 4. The number of hydrogen-bond donors (Lipinski definition) is 2. The molecule has 4 nitrogen and oxygen atoms in total. The van der Waals surface area contributed by atoms with E-state index >= 15 is 0 Å². The summed E-state index contributed by atoms with van der Waals surface area (Å²) in [5, 5.41) is 9.17. The molecule has 3 aromatic rings. The first-order valence-corrected chi connectivity index (χ1v) is 8.80. The number of benzene rings is 2. The van der Waals surface area contributed by atoms with Crippen molar-refractivity contribution in [3.63, 3.8) is 0 Å². The molecule has 0 spiro atoms. The first-order chi connectivity index (χ1) is 11.8. The van der Waals surface area contributed by atoms with Gasteiger partial charge in [0.15, 0.2) is 5.13 Å². The largest absolute Gasteiger partial charge is 0.362 e. The molecule has 0 aliphatic carbocycles. The summed E-state index contributed by atoms with van der Waals surface area (Å²) in [7, 11) is 0. The molecule has 1 aromatic heterocycles. The Hall–Kier alpha value is -2.66. The average Bonchev–Trinajstić information content (AvgIpc) is 3.10. The third-order valence-corrected chi connectivity index (χ3v) is 4.30. The van der Waals surface area contributed by atoms with Crippen LogP contribution in [0.15, 0.2) is 60.0 Å². The third kappa shape index (κ3) is 4.00. The first-order valence-electron chi connectivity index (χ1n) is 7.92. The maximum atomic E-state index is 12.1. The van der Waals surface area contributed by atoms with Gasteiger partial charge in [-0.1, -0.05) is 37.3 Å². The molecule has 0 unspecified atom stereocenters. The number of amides is 1. The summed E-state index contributed by atoms with van der Waals surface area (Å²) in [5.74, 6) is -0.108. The van der Waals surface area contributed by atoms with Crippen LogP contribution in [-0.4, -0.2) is 17.4 Å². The van der Waals surface area contributed by atoms with Gasteiger partial charge in [0, 0.05) is 28.7 Å². The minimum absolute atomic E-state index is 0.108. The minimum atomic E-state index is -0.108. The van der Waals surface area contributed by atoms with Gasteiger partial charge in [0.2, 0.25) is 0 Å². The molecule has 1 heterocycles. The predicted molar refractivity (Wildman–Crippen MR) is 101 cm³/mol. The second-order valence-corrected chi connectivity index (χ2v) is 6.22. The fourth-order valence-corrected chi connectivity index (χ4v) is 2.99. The van der Waals surface area contributed by atoms with Gasteiger partial charge < -0.3 is 10.6 Å². The van der Waals surface area contributed by atoms with E-state index in [0.29, 0.717) is 5.56 Å². The molecule has 1 amide bonds. The lowest BCUT2D eigenvalue weighted by Gasteiger charge is -2.06. The summed E-state index contributed by atoms with van der Waals surface area (Å²) < 4.78 is 0. The summed E-state index contributed by atoms with van der Waals surface area (Å²) in [4.78, 5) is 16.7. The highest BCUT2D eigenvalue weighted by molar-refractivity contribution is 7.14. The van der Waals surface area contributed by atoms with Crippen molar-refractivity contribution in [2.75, 3.05) is 17.2 Å². The van der Waals surface area contributed by atoms with Crippen molar-refractivity contribution in [3.8, 4) is 11.3 Å². The van der Waals surface area contributed by atoms with Crippen LogP contribution in [0.5, 0.6) is 0 Å². The van der Waals surface area contributed by atoms with E-state index in [9.17, 15) is 4.79 Å². The maximum Gasteiger partial charge on any atom is 0.255 e.